The molecule has 0 amide bonds. The molecule has 3 rings (SSSR count). The van der Waals surface area contributed by atoms with E-state index in [0.717, 1.165) is 24.3 Å². The monoisotopic (exact) mass is 279 g/mol. The van der Waals surface area contributed by atoms with E-state index in [0.29, 0.717) is 0 Å². The van der Waals surface area contributed by atoms with Crippen molar-refractivity contribution in [2.24, 2.45) is 0 Å². The van der Waals surface area contributed by atoms with Crippen molar-refractivity contribution in [1.82, 2.24) is 5.32 Å². The standard InChI is InChI=1S/C19H21NO/c1-14-6-5-7-16(12-14)10-11-20-15(2)19-13-17-8-3-4-9-18(17)21-19/h3-9,12-13,15,20H,10-11H2,1-2H3. The summed E-state index contributed by atoms with van der Waals surface area (Å²) in [6, 6.07) is 19.2. The van der Waals surface area contributed by atoms with Gasteiger partial charge in [-0.3, -0.25) is 0 Å². The minimum absolute atomic E-state index is 0.224. The lowest BCUT2D eigenvalue weighted by molar-refractivity contribution is 0.453. The fourth-order valence-electron chi connectivity index (χ4n) is 2.62. The van der Waals surface area contributed by atoms with Gasteiger partial charge >= 0.3 is 0 Å². The first-order valence-electron chi connectivity index (χ1n) is 7.50. The van der Waals surface area contributed by atoms with Crippen molar-refractivity contribution in [3.63, 3.8) is 0 Å². The molecule has 2 aromatic carbocycles. The molecule has 0 radical (unpaired) electrons. The van der Waals surface area contributed by atoms with Gasteiger partial charge in [-0.2, -0.15) is 0 Å². The highest BCUT2D eigenvalue weighted by Crippen LogP contribution is 2.23. The second-order valence-electron chi connectivity index (χ2n) is 5.60. The molecule has 21 heavy (non-hydrogen) atoms. The first-order chi connectivity index (χ1) is 10.2. The number of hydrogen-bond donors (Lipinski definition) is 1. The molecule has 0 saturated carbocycles. The predicted molar refractivity (Wildman–Crippen MR) is 87.5 cm³/mol. The van der Waals surface area contributed by atoms with Crippen LogP contribution in [0.5, 0.6) is 0 Å². The zero-order valence-electron chi connectivity index (χ0n) is 12.6. The highest BCUT2D eigenvalue weighted by atomic mass is 16.3. The summed E-state index contributed by atoms with van der Waals surface area (Å²) in [6.45, 7) is 5.23. The van der Waals surface area contributed by atoms with E-state index in [1.54, 1.807) is 0 Å². The maximum atomic E-state index is 5.89. The molecule has 108 valence electrons. The number of rotatable bonds is 5. The zero-order valence-corrected chi connectivity index (χ0v) is 12.6. The van der Waals surface area contributed by atoms with Gasteiger partial charge in [-0.25, -0.2) is 0 Å². The number of nitrogens with one attached hydrogen (secondary N) is 1. The molecule has 2 nitrogen and oxygen atoms in total. The predicted octanol–water partition coefficient (Wildman–Crippen LogP) is 4.63. The van der Waals surface area contributed by atoms with E-state index in [2.05, 4.69) is 55.6 Å². The van der Waals surface area contributed by atoms with Crippen LogP contribution in [-0.4, -0.2) is 6.54 Å². The SMILES string of the molecule is Cc1cccc(CCNC(C)c2cc3ccccc3o2)c1. The summed E-state index contributed by atoms with van der Waals surface area (Å²) in [7, 11) is 0. The number of hydrogen-bond acceptors (Lipinski definition) is 2. The zero-order chi connectivity index (χ0) is 14.7. The lowest BCUT2D eigenvalue weighted by Gasteiger charge is -2.11. The van der Waals surface area contributed by atoms with Crippen molar-refractivity contribution in [2.75, 3.05) is 6.54 Å². The molecule has 0 fully saturated rings. The molecule has 0 saturated heterocycles. The van der Waals surface area contributed by atoms with Crippen molar-refractivity contribution in [3.05, 3.63) is 71.5 Å². The van der Waals surface area contributed by atoms with Crippen LogP contribution in [-0.2, 0) is 6.42 Å². The summed E-state index contributed by atoms with van der Waals surface area (Å²) in [5.74, 6) is 1.00. The Balaban J connectivity index is 1.60. The van der Waals surface area contributed by atoms with E-state index < -0.39 is 0 Å². The molecule has 1 heterocycles. The van der Waals surface area contributed by atoms with E-state index in [1.807, 2.05) is 18.2 Å². The van der Waals surface area contributed by atoms with Gasteiger partial charge in [0.25, 0.3) is 0 Å². The van der Waals surface area contributed by atoms with E-state index in [-0.39, 0.29) is 6.04 Å². The number of benzene rings is 2. The van der Waals surface area contributed by atoms with Crippen molar-refractivity contribution >= 4 is 11.0 Å². The maximum absolute atomic E-state index is 5.89. The summed E-state index contributed by atoms with van der Waals surface area (Å²) >= 11 is 0. The molecule has 2 heteroatoms. The van der Waals surface area contributed by atoms with Crippen LogP contribution in [0.15, 0.2) is 59.0 Å². The summed E-state index contributed by atoms with van der Waals surface area (Å²) in [5.41, 5.74) is 3.65. The molecule has 0 spiro atoms. The fraction of sp³-hybridized carbons (Fsp3) is 0.263. The third-order valence-corrected chi connectivity index (χ3v) is 3.82. The Kier molecular flexibility index (Phi) is 4.07. The smallest absolute Gasteiger partial charge is 0.134 e. The molecule has 0 bridgehead atoms. The molecule has 1 aromatic heterocycles. The highest BCUT2D eigenvalue weighted by Gasteiger charge is 2.10. The van der Waals surface area contributed by atoms with Crippen molar-refractivity contribution in [2.45, 2.75) is 26.3 Å². The van der Waals surface area contributed by atoms with Crippen LogP contribution in [0, 0.1) is 6.92 Å². The molecule has 1 atom stereocenters. The first kappa shape index (κ1) is 13.9. The van der Waals surface area contributed by atoms with Crippen molar-refractivity contribution < 1.29 is 4.42 Å². The Labute approximate surface area is 125 Å². The van der Waals surface area contributed by atoms with Crippen molar-refractivity contribution in [3.8, 4) is 0 Å². The second-order valence-corrected chi connectivity index (χ2v) is 5.60. The molecule has 1 unspecified atom stereocenters. The summed E-state index contributed by atoms with van der Waals surface area (Å²) in [5, 5.41) is 4.70. The van der Waals surface area contributed by atoms with Crippen LogP contribution >= 0.6 is 0 Å². The maximum Gasteiger partial charge on any atom is 0.134 e. The van der Waals surface area contributed by atoms with Crippen LogP contribution in [0.4, 0.5) is 0 Å². The van der Waals surface area contributed by atoms with Gasteiger partial charge in [0.1, 0.15) is 11.3 Å². The van der Waals surface area contributed by atoms with Crippen molar-refractivity contribution in [1.29, 1.82) is 0 Å². The Morgan fingerprint density at radius 3 is 2.71 bits per heavy atom. The number of furan rings is 1. The molecule has 3 aromatic rings. The minimum atomic E-state index is 0.224. The highest BCUT2D eigenvalue weighted by molar-refractivity contribution is 5.77. The van der Waals surface area contributed by atoms with E-state index >= 15 is 0 Å². The minimum Gasteiger partial charge on any atom is -0.459 e. The molecule has 0 aliphatic rings. The normalized spacial score (nSPS) is 12.7. The van der Waals surface area contributed by atoms with Gasteiger partial charge in [-0.15, -0.1) is 0 Å². The van der Waals surface area contributed by atoms with E-state index in [4.69, 9.17) is 4.42 Å². The van der Waals surface area contributed by atoms with Crippen LogP contribution in [0.3, 0.4) is 0 Å². The topological polar surface area (TPSA) is 25.2 Å². The average molecular weight is 279 g/mol. The molecular weight excluding hydrogens is 258 g/mol. The van der Waals surface area contributed by atoms with Gasteiger partial charge in [0.15, 0.2) is 0 Å². The largest absolute Gasteiger partial charge is 0.459 e. The van der Waals surface area contributed by atoms with Gasteiger partial charge in [0, 0.05) is 5.39 Å². The lowest BCUT2D eigenvalue weighted by atomic mass is 10.1. The Morgan fingerprint density at radius 1 is 1.05 bits per heavy atom. The molecular formula is C19H21NO. The number of para-hydroxylation sites is 1. The number of aryl methyl sites for hydroxylation is 1. The fourth-order valence-corrected chi connectivity index (χ4v) is 2.62. The third-order valence-electron chi connectivity index (χ3n) is 3.82. The summed E-state index contributed by atoms with van der Waals surface area (Å²) < 4.78 is 5.89. The second kappa shape index (κ2) is 6.15. The van der Waals surface area contributed by atoms with E-state index in [9.17, 15) is 0 Å². The van der Waals surface area contributed by atoms with Gasteiger partial charge in [-0.05, 0) is 44.5 Å². The summed E-state index contributed by atoms with van der Waals surface area (Å²) in [4.78, 5) is 0. The van der Waals surface area contributed by atoms with E-state index in [1.165, 1.54) is 16.5 Å². The van der Waals surface area contributed by atoms with Gasteiger partial charge in [0.05, 0.1) is 6.04 Å². The average Bonchev–Trinajstić information content (AvgIpc) is 2.91. The number of fused-ring (bicyclic) bond motifs is 1. The first-order valence-corrected chi connectivity index (χ1v) is 7.50. The Morgan fingerprint density at radius 2 is 1.90 bits per heavy atom. The quantitative estimate of drug-likeness (QED) is 0.736. The third kappa shape index (κ3) is 3.34. The lowest BCUT2D eigenvalue weighted by Crippen LogP contribution is -2.20. The van der Waals surface area contributed by atoms with Crippen LogP contribution in [0.25, 0.3) is 11.0 Å². The molecule has 1 N–H and O–H groups in total. The van der Waals surface area contributed by atoms with Crippen LogP contribution in [0.1, 0.15) is 29.9 Å². The van der Waals surface area contributed by atoms with Gasteiger partial charge in [0.2, 0.25) is 0 Å². The molecule has 0 aliphatic carbocycles. The van der Waals surface area contributed by atoms with Crippen LogP contribution in [0.2, 0.25) is 0 Å². The van der Waals surface area contributed by atoms with Gasteiger partial charge < -0.3 is 9.73 Å². The molecule has 0 aliphatic heterocycles. The Hall–Kier alpha value is -2.06. The van der Waals surface area contributed by atoms with Crippen LogP contribution < -0.4 is 5.32 Å². The van der Waals surface area contributed by atoms with Gasteiger partial charge in [-0.1, -0.05) is 48.0 Å². The Bertz CT molecular complexity index is 696. The summed E-state index contributed by atoms with van der Waals surface area (Å²) in [6.07, 6.45) is 1.03.